The summed E-state index contributed by atoms with van der Waals surface area (Å²) in [5, 5.41) is 3.80. The van der Waals surface area contributed by atoms with Gasteiger partial charge in [-0.25, -0.2) is 0 Å². The molecule has 0 aliphatic heterocycles. The first kappa shape index (κ1) is 49.9. The van der Waals surface area contributed by atoms with E-state index in [1.54, 1.807) is 0 Å². The Kier molecular flexibility index (Phi) is 39.2. The van der Waals surface area contributed by atoms with Crippen LogP contribution in [-0.4, -0.2) is 43.3 Å². The first-order valence-electron chi connectivity index (χ1n) is 22.8. The first-order chi connectivity index (χ1) is 25.0. The van der Waals surface area contributed by atoms with E-state index >= 15 is 0 Å². The van der Waals surface area contributed by atoms with Gasteiger partial charge in [0.05, 0.1) is 6.10 Å². The monoisotopic (exact) mass is 723 g/mol. The van der Waals surface area contributed by atoms with E-state index < -0.39 is 0 Å². The molecule has 0 aromatic rings. The van der Waals surface area contributed by atoms with Crippen molar-refractivity contribution in [1.29, 1.82) is 0 Å². The summed E-state index contributed by atoms with van der Waals surface area (Å²) in [6, 6.07) is 0.534. The molecule has 0 amide bonds. The number of rotatable bonds is 41. The number of carbonyl (C=O) groups is 2. The highest BCUT2D eigenvalue weighted by Crippen LogP contribution is 2.19. The Balaban J connectivity index is 4.07. The van der Waals surface area contributed by atoms with E-state index in [9.17, 15) is 9.59 Å². The SMILES string of the molecule is CCCCCCCCC(CCCCCCCC)OC(=O)CCCCCCCNC(CCCN)CCCCCCC(=O)OC(C)CCCCCCC. The molecule has 2 unspecified atom stereocenters. The second-order valence-corrected chi connectivity index (χ2v) is 15.8. The Labute approximate surface area is 318 Å². The number of unbranched alkanes of at least 4 members (excludes halogenated alkanes) is 21. The average Bonchev–Trinajstić information content (AvgIpc) is 3.11. The summed E-state index contributed by atoms with van der Waals surface area (Å²) < 4.78 is 11.7. The van der Waals surface area contributed by atoms with Gasteiger partial charge in [-0.1, -0.05) is 149 Å². The number of nitrogens with two attached hydrogens (primary N) is 1. The Hall–Kier alpha value is -1.14. The van der Waals surface area contributed by atoms with Crippen LogP contribution in [0.2, 0.25) is 0 Å². The van der Waals surface area contributed by atoms with Crippen molar-refractivity contribution in [3.05, 3.63) is 0 Å². The maximum atomic E-state index is 12.7. The number of hydrogen-bond donors (Lipinski definition) is 2. The van der Waals surface area contributed by atoms with E-state index in [0.717, 1.165) is 77.3 Å². The molecule has 0 fully saturated rings. The van der Waals surface area contributed by atoms with Crippen LogP contribution in [0.1, 0.15) is 246 Å². The average molecular weight is 723 g/mol. The Morgan fingerprint density at radius 3 is 1.37 bits per heavy atom. The van der Waals surface area contributed by atoms with Crippen molar-refractivity contribution in [2.45, 2.75) is 264 Å². The summed E-state index contributed by atoms with van der Waals surface area (Å²) in [5.41, 5.74) is 5.83. The number of esters is 2. The van der Waals surface area contributed by atoms with Gasteiger partial charge in [-0.3, -0.25) is 9.59 Å². The highest BCUT2D eigenvalue weighted by Gasteiger charge is 2.15. The summed E-state index contributed by atoms with van der Waals surface area (Å²) in [5.74, 6) is 0.00383. The van der Waals surface area contributed by atoms with E-state index in [4.69, 9.17) is 15.2 Å². The van der Waals surface area contributed by atoms with Gasteiger partial charge in [0, 0.05) is 18.9 Å². The van der Waals surface area contributed by atoms with Crippen LogP contribution in [0.25, 0.3) is 0 Å². The summed E-state index contributed by atoms with van der Waals surface area (Å²) in [7, 11) is 0. The fourth-order valence-corrected chi connectivity index (χ4v) is 7.15. The molecule has 0 aromatic carbocycles. The molecular weight excluding hydrogens is 633 g/mol. The third-order valence-corrected chi connectivity index (χ3v) is 10.5. The van der Waals surface area contributed by atoms with E-state index in [-0.39, 0.29) is 24.1 Å². The highest BCUT2D eigenvalue weighted by molar-refractivity contribution is 5.69. The van der Waals surface area contributed by atoms with Crippen LogP contribution in [0.3, 0.4) is 0 Å². The zero-order valence-electron chi connectivity index (χ0n) is 34.9. The second kappa shape index (κ2) is 40.1. The zero-order chi connectivity index (χ0) is 37.5. The highest BCUT2D eigenvalue weighted by atomic mass is 16.5. The molecule has 304 valence electrons. The van der Waals surface area contributed by atoms with E-state index in [2.05, 4.69) is 26.1 Å². The molecule has 0 rings (SSSR count). The fraction of sp³-hybridized carbons (Fsp3) is 0.956. The largest absolute Gasteiger partial charge is 0.463 e. The summed E-state index contributed by atoms with van der Waals surface area (Å²) >= 11 is 0. The van der Waals surface area contributed by atoms with Gasteiger partial charge in [-0.15, -0.1) is 0 Å². The number of nitrogens with one attached hydrogen (secondary N) is 1. The molecule has 0 aromatic heterocycles. The number of hydrogen-bond acceptors (Lipinski definition) is 6. The third kappa shape index (κ3) is 37.0. The van der Waals surface area contributed by atoms with Gasteiger partial charge in [-0.2, -0.15) is 0 Å². The van der Waals surface area contributed by atoms with Gasteiger partial charge >= 0.3 is 11.9 Å². The zero-order valence-corrected chi connectivity index (χ0v) is 34.9. The Morgan fingerprint density at radius 2 is 0.863 bits per heavy atom. The lowest BCUT2D eigenvalue weighted by Crippen LogP contribution is -2.30. The second-order valence-electron chi connectivity index (χ2n) is 15.8. The smallest absolute Gasteiger partial charge is 0.306 e. The van der Waals surface area contributed by atoms with Crippen molar-refractivity contribution in [2.24, 2.45) is 5.73 Å². The van der Waals surface area contributed by atoms with Crippen LogP contribution in [0.4, 0.5) is 0 Å². The summed E-state index contributed by atoms with van der Waals surface area (Å²) in [4.78, 5) is 24.9. The third-order valence-electron chi connectivity index (χ3n) is 10.5. The van der Waals surface area contributed by atoms with Gasteiger partial charge < -0.3 is 20.5 Å². The Bertz CT molecular complexity index is 717. The van der Waals surface area contributed by atoms with E-state index in [1.165, 1.54) is 141 Å². The molecule has 6 heteroatoms. The Morgan fingerprint density at radius 1 is 0.471 bits per heavy atom. The van der Waals surface area contributed by atoms with Crippen molar-refractivity contribution in [3.63, 3.8) is 0 Å². The minimum atomic E-state index is -0.0234. The van der Waals surface area contributed by atoms with Crippen molar-refractivity contribution in [1.82, 2.24) is 5.32 Å². The quantitative estimate of drug-likeness (QED) is 0.0482. The molecule has 6 nitrogen and oxygen atoms in total. The lowest BCUT2D eigenvalue weighted by Gasteiger charge is -2.19. The standard InChI is InChI=1S/C45H90N2O4/c1-5-8-11-14-18-26-35-43(36-27-19-15-12-9-6-2)51-45(49)38-28-20-16-23-30-40-47-42(34-31-39-46)33-25-21-22-29-37-44(48)50-41(4)32-24-17-13-10-7-3/h41-43,47H,5-40,46H2,1-4H3. The van der Waals surface area contributed by atoms with Crippen LogP contribution in [0.15, 0.2) is 0 Å². The molecule has 0 saturated carbocycles. The predicted octanol–water partition coefficient (Wildman–Crippen LogP) is 13.1. The van der Waals surface area contributed by atoms with Crippen LogP contribution in [0, 0.1) is 0 Å². The van der Waals surface area contributed by atoms with Crippen molar-refractivity contribution < 1.29 is 19.1 Å². The minimum Gasteiger partial charge on any atom is -0.463 e. The maximum Gasteiger partial charge on any atom is 0.306 e. The molecule has 2 atom stereocenters. The molecule has 0 heterocycles. The molecule has 0 aliphatic rings. The van der Waals surface area contributed by atoms with Crippen LogP contribution in [0.5, 0.6) is 0 Å². The van der Waals surface area contributed by atoms with Gasteiger partial charge in [0.1, 0.15) is 6.10 Å². The normalized spacial score (nSPS) is 12.7. The topological polar surface area (TPSA) is 90.6 Å². The summed E-state index contributed by atoms with van der Waals surface area (Å²) in [6.45, 7) is 10.6. The van der Waals surface area contributed by atoms with Crippen LogP contribution < -0.4 is 11.1 Å². The van der Waals surface area contributed by atoms with Gasteiger partial charge in [0.25, 0.3) is 0 Å². The van der Waals surface area contributed by atoms with Crippen molar-refractivity contribution in [3.8, 4) is 0 Å². The lowest BCUT2D eigenvalue weighted by molar-refractivity contribution is -0.150. The van der Waals surface area contributed by atoms with E-state index in [1.807, 2.05) is 6.92 Å². The summed E-state index contributed by atoms with van der Waals surface area (Å²) in [6.07, 6.45) is 39.5. The molecule has 0 saturated heterocycles. The van der Waals surface area contributed by atoms with Gasteiger partial charge in [0.2, 0.25) is 0 Å². The van der Waals surface area contributed by atoms with Crippen molar-refractivity contribution >= 4 is 11.9 Å². The molecule has 3 N–H and O–H groups in total. The van der Waals surface area contributed by atoms with Crippen molar-refractivity contribution in [2.75, 3.05) is 13.1 Å². The molecule has 0 spiro atoms. The van der Waals surface area contributed by atoms with E-state index in [0.29, 0.717) is 18.9 Å². The predicted molar refractivity (Wildman–Crippen MR) is 220 cm³/mol. The number of carbonyl (C=O) groups excluding carboxylic acids is 2. The molecule has 0 radical (unpaired) electrons. The molecule has 51 heavy (non-hydrogen) atoms. The van der Waals surface area contributed by atoms with Gasteiger partial charge in [-0.05, 0) is 97.1 Å². The van der Waals surface area contributed by atoms with Gasteiger partial charge in [0.15, 0.2) is 0 Å². The van der Waals surface area contributed by atoms with Crippen LogP contribution in [-0.2, 0) is 19.1 Å². The minimum absolute atomic E-state index is 0.0234. The maximum absolute atomic E-state index is 12.7. The molecule has 0 bridgehead atoms. The van der Waals surface area contributed by atoms with Crippen LogP contribution >= 0.6 is 0 Å². The number of ether oxygens (including phenoxy) is 2. The first-order valence-corrected chi connectivity index (χ1v) is 22.8. The molecule has 0 aliphatic carbocycles. The lowest BCUT2D eigenvalue weighted by atomic mass is 10.0. The molecular formula is C45H90N2O4. The fourth-order valence-electron chi connectivity index (χ4n) is 7.15.